The van der Waals surface area contributed by atoms with E-state index in [0.717, 1.165) is 27.5 Å². The van der Waals surface area contributed by atoms with Crippen LogP contribution in [0.15, 0.2) is 63.6 Å². The van der Waals surface area contributed by atoms with Gasteiger partial charge in [-0.3, -0.25) is 9.59 Å². The van der Waals surface area contributed by atoms with Crippen molar-refractivity contribution >= 4 is 45.2 Å². The number of nitrogens with zero attached hydrogens (tertiary/aromatic N) is 1. The van der Waals surface area contributed by atoms with Gasteiger partial charge in [0.15, 0.2) is 0 Å². The number of hydrogen-bond acceptors (Lipinski definition) is 5. The van der Waals surface area contributed by atoms with Crippen molar-refractivity contribution in [3.63, 3.8) is 0 Å². The van der Waals surface area contributed by atoms with Crippen molar-refractivity contribution in [1.82, 2.24) is 5.32 Å². The van der Waals surface area contributed by atoms with Crippen molar-refractivity contribution in [2.45, 2.75) is 19.3 Å². The van der Waals surface area contributed by atoms with Crippen LogP contribution >= 0.6 is 27.7 Å². The molecule has 154 valence electrons. The molecular weight excluding hydrogens is 466 g/mol. The highest BCUT2D eigenvalue weighted by Crippen LogP contribution is 2.36. The average molecular weight is 486 g/mol. The Morgan fingerprint density at radius 1 is 1.33 bits per heavy atom. The van der Waals surface area contributed by atoms with Gasteiger partial charge in [0.1, 0.15) is 5.75 Å². The molecule has 1 heterocycles. The molecule has 0 spiro atoms. The number of nitriles is 1. The zero-order chi connectivity index (χ0) is 21.5. The highest BCUT2D eigenvalue weighted by atomic mass is 79.9. The van der Waals surface area contributed by atoms with Gasteiger partial charge in [0.2, 0.25) is 11.8 Å². The van der Waals surface area contributed by atoms with Gasteiger partial charge in [-0.05, 0) is 48.9 Å². The van der Waals surface area contributed by atoms with Gasteiger partial charge >= 0.3 is 0 Å². The number of allylic oxidation sites excluding steroid dienone is 1. The number of carbonyl (C=O) groups is 2. The first-order valence-electron chi connectivity index (χ1n) is 9.35. The second-order valence-electron chi connectivity index (χ2n) is 6.51. The molecule has 0 aromatic heterocycles. The highest BCUT2D eigenvalue weighted by Gasteiger charge is 2.30. The molecule has 2 amide bonds. The first-order valence-corrected chi connectivity index (χ1v) is 11.1. The monoisotopic (exact) mass is 485 g/mol. The Morgan fingerprint density at radius 2 is 2.10 bits per heavy atom. The van der Waals surface area contributed by atoms with E-state index >= 15 is 0 Å². The number of halogens is 1. The molecule has 1 aliphatic rings. The van der Waals surface area contributed by atoms with Crippen molar-refractivity contribution in [2.24, 2.45) is 0 Å². The number of anilines is 1. The van der Waals surface area contributed by atoms with Crippen LogP contribution in [0.25, 0.3) is 0 Å². The Labute approximate surface area is 187 Å². The Kier molecular flexibility index (Phi) is 7.55. The fourth-order valence-corrected chi connectivity index (χ4v) is 4.37. The summed E-state index contributed by atoms with van der Waals surface area (Å²) in [4.78, 5) is 24.6. The summed E-state index contributed by atoms with van der Waals surface area (Å²) < 4.78 is 6.27. The van der Waals surface area contributed by atoms with E-state index in [-0.39, 0.29) is 29.9 Å². The lowest BCUT2D eigenvalue weighted by molar-refractivity contribution is -0.121. The van der Waals surface area contributed by atoms with Crippen LogP contribution in [0.1, 0.15) is 24.8 Å². The van der Waals surface area contributed by atoms with Crippen LogP contribution in [-0.2, 0) is 9.59 Å². The maximum absolute atomic E-state index is 12.4. The number of thioether (sulfide) groups is 1. The summed E-state index contributed by atoms with van der Waals surface area (Å²) in [5, 5.41) is 15.7. The van der Waals surface area contributed by atoms with Gasteiger partial charge in [-0.25, -0.2) is 0 Å². The predicted molar refractivity (Wildman–Crippen MR) is 121 cm³/mol. The molecule has 0 radical (unpaired) electrons. The molecule has 0 aliphatic carbocycles. The third-order valence-electron chi connectivity index (χ3n) is 4.40. The normalized spacial score (nSPS) is 15.9. The number of nitrogens with one attached hydrogen (secondary N) is 2. The molecule has 1 atom stereocenters. The van der Waals surface area contributed by atoms with Crippen molar-refractivity contribution in [3.8, 4) is 11.8 Å². The fraction of sp³-hybridized carbons (Fsp3) is 0.227. The predicted octanol–water partition coefficient (Wildman–Crippen LogP) is 4.56. The lowest BCUT2D eigenvalue weighted by atomic mass is 9.87. The topological polar surface area (TPSA) is 91.2 Å². The second-order valence-corrected chi connectivity index (χ2v) is 8.41. The Balaban J connectivity index is 1.69. The highest BCUT2D eigenvalue weighted by molar-refractivity contribution is 9.10. The maximum atomic E-state index is 12.4. The lowest BCUT2D eigenvalue weighted by Gasteiger charge is -2.25. The maximum Gasteiger partial charge on any atom is 0.234 e. The number of hydrogen-bond donors (Lipinski definition) is 2. The molecule has 6 nitrogen and oxygen atoms in total. The molecular formula is C22H20BrN3O3S. The number of benzene rings is 2. The van der Waals surface area contributed by atoms with Crippen LogP contribution in [0.3, 0.4) is 0 Å². The molecule has 8 heteroatoms. The number of rotatable bonds is 7. The van der Waals surface area contributed by atoms with Gasteiger partial charge in [-0.2, -0.15) is 5.26 Å². The summed E-state index contributed by atoms with van der Waals surface area (Å²) >= 11 is 4.58. The van der Waals surface area contributed by atoms with Crippen molar-refractivity contribution in [1.29, 1.82) is 5.26 Å². The van der Waals surface area contributed by atoms with Crippen LogP contribution < -0.4 is 15.4 Å². The molecule has 3 rings (SSSR count). The van der Waals surface area contributed by atoms with Crippen molar-refractivity contribution < 1.29 is 14.3 Å². The van der Waals surface area contributed by atoms with E-state index in [1.165, 1.54) is 0 Å². The minimum atomic E-state index is -0.335. The van der Waals surface area contributed by atoms with E-state index in [9.17, 15) is 14.9 Å². The van der Waals surface area contributed by atoms with Gasteiger partial charge in [-0.15, -0.1) is 0 Å². The molecule has 0 unspecified atom stereocenters. The molecule has 1 aliphatic heterocycles. The van der Waals surface area contributed by atoms with E-state index in [2.05, 4.69) is 32.6 Å². The quantitative estimate of drug-likeness (QED) is 0.599. The smallest absolute Gasteiger partial charge is 0.234 e. The largest absolute Gasteiger partial charge is 0.494 e. The summed E-state index contributed by atoms with van der Waals surface area (Å²) in [6, 6.07) is 16.9. The van der Waals surface area contributed by atoms with Gasteiger partial charge in [-0.1, -0.05) is 39.8 Å². The number of carbonyl (C=O) groups excluding carboxylic acids is 2. The van der Waals surface area contributed by atoms with Crippen molar-refractivity contribution in [3.05, 3.63) is 69.2 Å². The van der Waals surface area contributed by atoms with E-state index < -0.39 is 0 Å². The van der Waals surface area contributed by atoms with Gasteiger partial charge in [0, 0.05) is 22.5 Å². The zero-order valence-electron chi connectivity index (χ0n) is 16.3. The summed E-state index contributed by atoms with van der Waals surface area (Å²) in [6.45, 7) is 2.48. The van der Waals surface area contributed by atoms with Crippen LogP contribution in [-0.4, -0.2) is 24.2 Å². The van der Waals surface area contributed by atoms with Gasteiger partial charge < -0.3 is 15.4 Å². The minimum Gasteiger partial charge on any atom is -0.494 e. The van der Waals surface area contributed by atoms with Gasteiger partial charge in [0.05, 0.1) is 29.0 Å². The SMILES string of the molecule is CCOc1ccc(NC(=O)CSC2=C(C#N)[C@@H](c3cccc(Br)c3)CC(=O)N2)cc1. The van der Waals surface area contributed by atoms with E-state index in [1.807, 2.05) is 31.2 Å². The Bertz CT molecular complexity index is 1020. The summed E-state index contributed by atoms with van der Waals surface area (Å²) in [5.41, 5.74) is 2.00. The van der Waals surface area contributed by atoms with Crippen molar-refractivity contribution in [2.75, 3.05) is 17.7 Å². The molecule has 30 heavy (non-hydrogen) atoms. The molecule has 0 saturated carbocycles. The van der Waals surface area contributed by atoms with Crippen LogP contribution in [0.4, 0.5) is 5.69 Å². The van der Waals surface area contributed by atoms with Gasteiger partial charge in [0.25, 0.3) is 0 Å². The molecule has 2 N–H and O–H groups in total. The molecule has 0 bridgehead atoms. The average Bonchev–Trinajstić information content (AvgIpc) is 2.73. The summed E-state index contributed by atoms with van der Waals surface area (Å²) in [5.74, 6) is 0.0652. The third-order valence-corrected chi connectivity index (χ3v) is 5.91. The van der Waals surface area contributed by atoms with Crippen LogP contribution in [0.5, 0.6) is 5.75 Å². The van der Waals surface area contributed by atoms with Crippen LogP contribution in [0, 0.1) is 11.3 Å². The molecule has 0 saturated heterocycles. The zero-order valence-corrected chi connectivity index (χ0v) is 18.7. The second kappa shape index (κ2) is 10.3. The minimum absolute atomic E-state index is 0.0687. The Morgan fingerprint density at radius 3 is 2.77 bits per heavy atom. The third kappa shape index (κ3) is 5.65. The first kappa shape index (κ1) is 21.9. The lowest BCUT2D eigenvalue weighted by Crippen LogP contribution is -2.31. The van der Waals surface area contributed by atoms with E-state index in [4.69, 9.17) is 4.74 Å². The molecule has 0 fully saturated rings. The standard InChI is InChI=1S/C22H20BrN3O3S/c1-2-29-17-8-6-16(7-9-17)25-21(28)13-30-22-19(12-24)18(11-20(27)26-22)14-4-3-5-15(23)10-14/h3-10,18H,2,11,13H2,1H3,(H,25,28)(H,26,27)/t18-/m1/s1. The molecule has 2 aromatic carbocycles. The first-order chi connectivity index (χ1) is 14.5. The van der Waals surface area contributed by atoms with E-state index in [1.54, 1.807) is 24.3 Å². The molecule has 2 aromatic rings. The summed E-state index contributed by atoms with van der Waals surface area (Å²) in [7, 11) is 0. The summed E-state index contributed by atoms with van der Waals surface area (Å²) in [6.07, 6.45) is 0.196. The number of ether oxygens (including phenoxy) is 1. The number of amides is 2. The Hall–Kier alpha value is -2.76. The van der Waals surface area contributed by atoms with E-state index in [0.29, 0.717) is 22.9 Å². The van der Waals surface area contributed by atoms with Crippen LogP contribution in [0.2, 0.25) is 0 Å². The fourth-order valence-electron chi connectivity index (χ4n) is 3.08.